The molecule has 0 heterocycles. The molecule has 0 aliphatic heterocycles. The Balaban J connectivity index is 2.81. The third-order valence-corrected chi connectivity index (χ3v) is 2.95. The zero-order valence-electron chi connectivity index (χ0n) is 12.0. The summed E-state index contributed by atoms with van der Waals surface area (Å²) in [5.74, 6) is -0.188. The van der Waals surface area contributed by atoms with Gasteiger partial charge in [0.1, 0.15) is 0 Å². The highest BCUT2D eigenvalue weighted by Crippen LogP contribution is 2.25. The van der Waals surface area contributed by atoms with Crippen molar-refractivity contribution >= 4 is 17.3 Å². The fourth-order valence-corrected chi connectivity index (χ4v) is 1.85. The second-order valence-corrected chi connectivity index (χ2v) is 4.18. The second kappa shape index (κ2) is 7.51. The first-order valence-electron chi connectivity index (χ1n) is 6.34. The van der Waals surface area contributed by atoms with Crippen molar-refractivity contribution in [3.8, 4) is 0 Å². The van der Waals surface area contributed by atoms with E-state index in [0.717, 1.165) is 23.5 Å². The molecule has 5 heteroatoms. The molecule has 1 aromatic rings. The Bertz CT molecular complexity index is 458. The average Bonchev–Trinajstić information content (AvgIpc) is 2.42. The maximum atomic E-state index is 11.2. The van der Waals surface area contributed by atoms with Crippen molar-refractivity contribution < 1.29 is 9.53 Å². The van der Waals surface area contributed by atoms with Crippen molar-refractivity contribution in [2.45, 2.75) is 20.3 Å². The monoisotopic (exact) mass is 263 g/mol. The quantitative estimate of drug-likeness (QED) is 0.585. The van der Waals surface area contributed by atoms with Crippen LogP contribution < -0.4 is 4.90 Å². The second-order valence-electron chi connectivity index (χ2n) is 4.18. The van der Waals surface area contributed by atoms with Crippen molar-refractivity contribution in [1.82, 2.24) is 0 Å². The lowest BCUT2D eigenvalue weighted by Crippen LogP contribution is -2.26. The molecule has 0 aliphatic rings. The van der Waals surface area contributed by atoms with Crippen LogP contribution in [0.3, 0.4) is 0 Å². The van der Waals surface area contributed by atoms with Crippen LogP contribution in [0.4, 0.5) is 11.4 Å². The van der Waals surface area contributed by atoms with Gasteiger partial charge in [0.15, 0.2) is 0 Å². The molecule has 0 saturated heterocycles. The number of hydrogen-bond acceptors (Lipinski definition) is 5. The van der Waals surface area contributed by atoms with Gasteiger partial charge in [0, 0.05) is 25.8 Å². The number of benzene rings is 1. The standard InChI is InChI=1S/C14H21N3O2/c1-5-17(9-8-14(18)19-4)12-6-7-13(16-15-3)11(2)10-12/h6-7,10H,5,8-9H2,1-4H3. The van der Waals surface area contributed by atoms with Gasteiger partial charge in [-0.05, 0) is 37.6 Å². The summed E-state index contributed by atoms with van der Waals surface area (Å²) in [5.41, 5.74) is 3.02. The number of anilines is 1. The third kappa shape index (κ3) is 4.35. The van der Waals surface area contributed by atoms with E-state index in [-0.39, 0.29) is 5.97 Å². The van der Waals surface area contributed by atoms with Crippen LogP contribution >= 0.6 is 0 Å². The summed E-state index contributed by atoms with van der Waals surface area (Å²) in [5, 5.41) is 7.83. The smallest absolute Gasteiger partial charge is 0.307 e. The lowest BCUT2D eigenvalue weighted by atomic mass is 10.1. The summed E-state index contributed by atoms with van der Waals surface area (Å²) >= 11 is 0. The molecule has 104 valence electrons. The molecule has 0 radical (unpaired) electrons. The van der Waals surface area contributed by atoms with E-state index >= 15 is 0 Å². The van der Waals surface area contributed by atoms with Gasteiger partial charge in [-0.25, -0.2) is 0 Å². The van der Waals surface area contributed by atoms with Crippen LogP contribution in [-0.2, 0) is 9.53 Å². The Labute approximate surface area is 114 Å². The molecular weight excluding hydrogens is 242 g/mol. The van der Waals surface area contributed by atoms with Crippen molar-refractivity contribution in [2.24, 2.45) is 10.2 Å². The number of methoxy groups -OCH3 is 1. The minimum absolute atomic E-state index is 0.188. The molecule has 0 atom stereocenters. The highest BCUT2D eigenvalue weighted by molar-refractivity contribution is 5.70. The van der Waals surface area contributed by atoms with Gasteiger partial charge >= 0.3 is 5.97 Å². The number of aryl methyl sites for hydroxylation is 1. The Kier molecular flexibility index (Phi) is 5.99. The summed E-state index contributed by atoms with van der Waals surface area (Å²) in [7, 11) is 3.06. The molecule has 0 bridgehead atoms. The van der Waals surface area contributed by atoms with Gasteiger partial charge < -0.3 is 9.64 Å². The number of hydrogen-bond donors (Lipinski definition) is 0. The molecule has 0 amide bonds. The third-order valence-electron chi connectivity index (χ3n) is 2.95. The van der Waals surface area contributed by atoms with Crippen LogP contribution in [0.5, 0.6) is 0 Å². The highest BCUT2D eigenvalue weighted by atomic mass is 16.5. The predicted octanol–water partition coefficient (Wildman–Crippen LogP) is 3.10. The van der Waals surface area contributed by atoms with E-state index in [1.807, 2.05) is 19.1 Å². The minimum atomic E-state index is -0.188. The lowest BCUT2D eigenvalue weighted by molar-refractivity contribution is -0.140. The van der Waals surface area contributed by atoms with Crippen LogP contribution in [0.25, 0.3) is 0 Å². The van der Waals surface area contributed by atoms with Gasteiger partial charge in [0.25, 0.3) is 0 Å². The Hall–Kier alpha value is -1.91. The van der Waals surface area contributed by atoms with E-state index in [1.54, 1.807) is 7.05 Å². The average molecular weight is 263 g/mol. The largest absolute Gasteiger partial charge is 0.469 e. The predicted molar refractivity (Wildman–Crippen MR) is 76.1 cm³/mol. The summed E-state index contributed by atoms with van der Waals surface area (Å²) in [6.07, 6.45) is 0.389. The van der Waals surface area contributed by atoms with Crippen molar-refractivity contribution in [1.29, 1.82) is 0 Å². The number of azo groups is 1. The van der Waals surface area contributed by atoms with Crippen molar-refractivity contribution in [2.75, 3.05) is 32.1 Å². The Morgan fingerprint density at radius 1 is 1.42 bits per heavy atom. The normalized spacial score (nSPS) is 10.7. The van der Waals surface area contributed by atoms with Crippen LogP contribution in [0, 0.1) is 6.92 Å². The van der Waals surface area contributed by atoms with Crippen molar-refractivity contribution in [3.63, 3.8) is 0 Å². The topological polar surface area (TPSA) is 54.3 Å². The molecule has 1 rings (SSSR count). The van der Waals surface area contributed by atoms with Gasteiger partial charge in [0.05, 0.1) is 19.2 Å². The van der Waals surface area contributed by atoms with Crippen molar-refractivity contribution in [3.05, 3.63) is 23.8 Å². The van der Waals surface area contributed by atoms with Crippen LogP contribution in [-0.4, -0.2) is 33.2 Å². The summed E-state index contributed by atoms with van der Waals surface area (Å²) in [6, 6.07) is 6.00. The van der Waals surface area contributed by atoms with Crippen LogP contribution in [0.2, 0.25) is 0 Å². The Morgan fingerprint density at radius 2 is 2.16 bits per heavy atom. The summed E-state index contributed by atoms with van der Waals surface area (Å²) < 4.78 is 4.66. The van der Waals surface area contributed by atoms with Gasteiger partial charge in [-0.3, -0.25) is 4.79 Å². The maximum Gasteiger partial charge on any atom is 0.307 e. The minimum Gasteiger partial charge on any atom is -0.469 e. The zero-order valence-corrected chi connectivity index (χ0v) is 12.0. The maximum absolute atomic E-state index is 11.2. The van der Waals surface area contributed by atoms with Gasteiger partial charge in [-0.15, -0.1) is 0 Å². The molecular formula is C14H21N3O2. The number of esters is 1. The van der Waals surface area contributed by atoms with E-state index in [2.05, 4.69) is 32.9 Å². The molecule has 1 aromatic carbocycles. The molecule has 0 spiro atoms. The molecule has 0 fully saturated rings. The molecule has 0 aliphatic carbocycles. The lowest BCUT2D eigenvalue weighted by Gasteiger charge is -2.23. The fourth-order valence-electron chi connectivity index (χ4n) is 1.85. The van der Waals surface area contributed by atoms with Gasteiger partial charge in [0.2, 0.25) is 0 Å². The number of rotatable bonds is 6. The van der Waals surface area contributed by atoms with E-state index in [4.69, 9.17) is 0 Å². The SMILES string of the molecule is CCN(CCC(=O)OC)c1ccc(N=NC)c(C)c1. The molecule has 0 unspecified atom stereocenters. The van der Waals surface area contributed by atoms with E-state index in [0.29, 0.717) is 13.0 Å². The highest BCUT2D eigenvalue weighted by Gasteiger charge is 2.09. The zero-order chi connectivity index (χ0) is 14.3. The Morgan fingerprint density at radius 3 is 2.68 bits per heavy atom. The summed E-state index contributed by atoms with van der Waals surface area (Å²) in [4.78, 5) is 13.3. The van der Waals surface area contributed by atoms with E-state index in [1.165, 1.54) is 7.11 Å². The first-order valence-corrected chi connectivity index (χ1v) is 6.34. The number of carbonyl (C=O) groups is 1. The fraction of sp³-hybridized carbons (Fsp3) is 0.500. The number of ether oxygens (including phenoxy) is 1. The van der Waals surface area contributed by atoms with Crippen LogP contribution in [0.15, 0.2) is 28.4 Å². The van der Waals surface area contributed by atoms with E-state index in [9.17, 15) is 4.79 Å². The summed E-state index contributed by atoms with van der Waals surface area (Å²) in [6.45, 7) is 5.55. The van der Waals surface area contributed by atoms with Gasteiger partial charge in [-0.2, -0.15) is 10.2 Å². The number of carbonyl (C=O) groups excluding carboxylic acids is 1. The molecule has 5 nitrogen and oxygen atoms in total. The molecule has 0 saturated carbocycles. The molecule has 0 aromatic heterocycles. The van der Waals surface area contributed by atoms with Gasteiger partial charge in [-0.1, -0.05) is 0 Å². The molecule has 0 N–H and O–H groups in total. The number of nitrogens with zero attached hydrogens (tertiary/aromatic N) is 3. The first-order chi connectivity index (χ1) is 9.12. The van der Waals surface area contributed by atoms with E-state index < -0.39 is 0 Å². The first kappa shape index (κ1) is 15.1. The van der Waals surface area contributed by atoms with Crippen LogP contribution in [0.1, 0.15) is 18.9 Å². The molecule has 19 heavy (non-hydrogen) atoms.